The second-order valence-electron chi connectivity index (χ2n) is 4.30. The predicted molar refractivity (Wildman–Crippen MR) is 71.2 cm³/mol. The summed E-state index contributed by atoms with van der Waals surface area (Å²) in [5.41, 5.74) is 0. The van der Waals surface area contributed by atoms with Gasteiger partial charge in [-0.2, -0.15) is 0 Å². The third-order valence-electron chi connectivity index (χ3n) is 3.15. The maximum absolute atomic E-state index is 5.47. The highest BCUT2D eigenvalue weighted by molar-refractivity contribution is 9.10. The zero-order valence-corrected chi connectivity index (χ0v) is 11.8. The summed E-state index contributed by atoms with van der Waals surface area (Å²) in [5, 5.41) is 3.45. The topological polar surface area (TPSA) is 47.0 Å². The van der Waals surface area contributed by atoms with E-state index in [1.165, 1.54) is 6.42 Å². The third-order valence-corrected chi connectivity index (χ3v) is 3.55. The summed E-state index contributed by atoms with van der Waals surface area (Å²) in [6.45, 7) is 2.05. The number of rotatable bonds is 4. The smallest absolute Gasteiger partial charge is 0.131 e. The molecular formula is C12H18BrN3O. The molecule has 0 aromatic carbocycles. The van der Waals surface area contributed by atoms with Gasteiger partial charge in [-0.1, -0.05) is 6.92 Å². The molecule has 1 saturated carbocycles. The van der Waals surface area contributed by atoms with Crippen LogP contribution in [-0.4, -0.2) is 29.2 Å². The number of ether oxygens (including phenoxy) is 1. The van der Waals surface area contributed by atoms with Gasteiger partial charge in [-0.25, -0.2) is 9.97 Å². The fourth-order valence-electron chi connectivity index (χ4n) is 2.26. The van der Waals surface area contributed by atoms with Crippen LogP contribution < -0.4 is 5.32 Å². The Morgan fingerprint density at radius 1 is 1.47 bits per heavy atom. The Hall–Kier alpha value is -0.680. The lowest BCUT2D eigenvalue weighted by atomic mass is 10.2. The summed E-state index contributed by atoms with van der Waals surface area (Å²) in [4.78, 5) is 8.78. The molecule has 5 heteroatoms. The number of hydrogen-bond acceptors (Lipinski definition) is 4. The van der Waals surface area contributed by atoms with Gasteiger partial charge in [-0.15, -0.1) is 0 Å². The lowest BCUT2D eigenvalue weighted by Crippen LogP contribution is -2.30. The number of aryl methyl sites for hydroxylation is 1. The van der Waals surface area contributed by atoms with Crippen molar-refractivity contribution in [1.82, 2.24) is 9.97 Å². The maximum atomic E-state index is 5.47. The third kappa shape index (κ3) is 3.16. The Bertz CT molecular complexity index is 386. The van der Waals surface area contributed by atoms with Gasteiger partial charge in [0, 0.05) is 19.6 Å². The molecule has 0 saturated heterocycles. The number of methoxy groups -OCH3 is 1. The molecule has 2 atom stereocenters. The number of nitrogens with one attached hydrogen (secondary N) is 1. The summed E-state index contributed by atoms with van der Waals surface area (Å²) >= 11 is 3.41. The summed E-state index contributed by atoms with van der Waals surface area (Å²) in [6.07, 6.45) is 4.62. The van der Waals surface area contributed by atoms with Crippen molar-refractivity contribution in [3.8, 4) is 0 Å². The molecule has 1 aliphatic rings. The molecule has 0 radical (unpaired) electrons. The van der Waals surface area contributed by atoms with Crippen molar-refractivity contribution in [3.05, 3.63) is 16.5 Å². The van der Waals surface area contributed by atoms with Crippen molar-refractivity contribution in [2.75, 3.05) is 12.4 Å². The Labute approximate surface area is 110 Å². The molecule has 1 aromatic rings. The quantitative estimate of drug-likeness (QED) is 0.869. The lowest BCUT2D eigenvalue weighted by molar-refractivity contribution is 0.101. The molecule has 4 nitrogen and oxygen atoms in total. The average molecular weight is 300 g/mol. The predicted octanol–water partition coefficient (Wildman–Crippen LogP) is 2.78. The first-order chi connectivity index (χ1) is 8.22. The molecule has 1 N–H and O–H groups in total. The zero-order valence-electron chi connectivity index (χ0n) is 10.2. The molecule has 0 bridgehead atoms. The monoisotopic (exact) mass is 299 g/mol. The summed E-state index contributed by atoms with van der Waals surface area (Å²) in [7, 11) is 1.78. The molecule has 1 aliphatic carbocycles. The van der Waals surface area contributed by atoms with E-state index in [2.05, 4.69) is 38.1 Å². The minimum Gasteiger partial charge on any atom is -0.379 e. The molecule has 1 aromatic heterocycles. The van der Waals surface area contributed by atoms with E-state index in [0.29, 0.717) is 12.1 Å². The van der Waals surface area contributed by atoms with Crippen molar-refractivity contribution >= 4 is 21.7 Å². The van der Waals surface area contributed by atoms with E-state index in [1.807, 2.05) is 6.07 Å². The van der Waals surface area contributed by atoms with Crippen LogP contribution in [0.25, 0.3) is 0 Å². The van der Waals surface area contributed by atoms with Crippen LogP contribution in [0.5, 0.6) is 0 Å². The Balaban J connectivity index is 2.09. The van der Waals surface area contributed by atoms with Crippen molar-refractivity contribution in [2.45, 2.75) is 44.8 Å². The molecule has 1 heterocycles. The normalized spacial score (nSPS) is 23.9. The van der Waals surface area contributed by atoms with E-state index < -0.39 is 0 Å². The van der Waals surface area contributed by atoms with Crippen LogP contribution in [0, 0.1) is 0 Å². The number of halogens is 1. The average Bonchev–Trinajstić information content (AvgIpc) is 2.75. The first-order valence-electron chi connectivity index (χ1n) is 6.05. The van der Waals surface area contributed by atoms with E-state index in [9.17, 15) is 0 Å². The van der Waals surface area contributed by atoms with Crippen LogP contribution in [0.3, 0.4) is 0 Å². The summed E-state index contributed by atoms with van der Waals surface area (Å²) in [6, 6.07) is 2.29. The first kappa shape index (κ1) is 12.8. The van der Waals surface area contributed by atoms with Gasteiger partial charge >= 0.3 is 0 Å². The van der Waals surface area contributed by atoms with E-state index in [0.717, 1.165) is 35.5 Å². The maximum Gasteiger partial charge on any atom is 0.131 e. The standard InChI is InChI=1S/C12H18BrN3O/c1-3-11-15-10(13)7-12(16-11)14-8-5-4-6-9(8)17-2/h7-9H,3-6H2,1-2H3,(H,14,15,16). The second kappa shape index (κ2) is 5.78. The molecule has 1 fully saturated rings. The highest BCUT2D eigenvalue weighted by Crippen LogP contribution is 2.25. The minimum atomic E-state index is 0.300. The van der Waals surface area contributed by atoms with Crippen molar-refractivity contribution in [1.29, 1.82) is 0 Å². The molecule has 2 rings (SSSR count). The molecular weight excluding hydrogens is 282 g/mol. The van der Waals surface area contributed by atoms with Crippen molar-refractivity contribution in [2.24, 2.45) is 0 Å². The number of nitrogens with zero attached hydrogens (tertiary/aromatic N) is 2. The Morgan fingerprint density at radius 2 is 2.29 bits per heavy atom. The van der Waals surface area contributed by atoms with E-state index in [4.69, 9.17) is 4.74 Å². The largest absolute Gasteiger partial charge is 0.379 e. The van der Waals surface area contributed by atoms with E-state index in [-0.39, 0.29) is 0 Å². The van der Waals surface area contributed by atoms with Crippen molar-refractivity contribution < 1.29 is 4.74 Å². The van der Waals surface area contributed by atoms with Crippen molar-refractivity contribution in [3.63, 3.8) is 0 Å². The van der Waals surface area contributed by atoms with Gasteiger partial charge in [0.25, 0.3) is 0 Å². The first-order valence-corrected chi connectivity index (χ1v) is 6.85. The molecule has 0 spiro atoms. The van der Waals surface area contributed by atoms with Gasteiger partial charge in [0.2, 0.25) is 0 Å². The minimum absolute atomic E-state index is 0.300. The fraction of sp³-hybridized carbons (Fsp3) is 0.667. The second-order valence-corrected chi connectivity index (χ2v) is 5.11. The van der Waals surface area contributed by atoms with E-state index >= 15 is 0 Å². The lowest BCUT2D eigenvalue weighted by Gasteiger charge is -2.20. The summed E-state index contributed by atoms with van der Waals surface area (Å²) < 4.78 is 6.30. The van der Waals surface area contributed by atoms with Crippen LogP contribution in [-0.2, 0) is 11.2 Å². The van der Waals surface area contributed by atoms with Gasteiger partial charge in [-0.05, 0) is 35.2 Å². The van der Waals surface area contributed by atoms with Crippen LogP contribution in [0.4, 0.5) is 5.82 Å². The van der Waals surface area contributed by atoms with Crippen LogP contribution >= 0.6 is 15.9 Å². The fourth-order valence-corrected chi connectivity index (χ4v) is 2.68. The molecule has 0 amide bonds. The van der Waals surface area contributed by atoms with Crippen LogP contribution in [0.2, 0.25) is 0 Å². The van der Waals surface area contributed by atoms with Gasteiger partial charge in [0.15, 0.2) is 0 Å². The van der Waals surface area contributed by atoms with Gasteiger partial charge in [0.05, 0.1) is 12.1 Å². The Kier molecular flexibility index (Phi) is 4.34. The number of anilines is 1. The highest BCUT2D eigenvalue weighted by atomic mass is 79.9. The van der Waals surface area contributed by atoms with Crippen LogP contribution in [0.15, 0.2) is 10.7 Å². The van der Waals surface area contributed by atoms with Gasteiger partial charge < -0.3 is 10.1 Å². The number of aromatic nitrogens is 2. The molecule has 0 aliphatic heterocycles. The Morgan fingerprint density at radius 3 is 3.00 bits per heavy atom. The molecule has 17 heavy (non-hydrogen) atoms. The van der Waals surface area contributed by atoms with Crippen LogP contribution in [0.1, 0.15) is 32.0 Å². The number of hydrogen-bond donors (Lipinski definition) is 1. The molecule has 94 valence electrons. The zero-order chi connectivity index (χ0) is 12.3. The highest BCUT2D eigenvalue weighted by Gasteiger charge is 2.27. The van der Waals surface area contributed by atoms with Gasteiger partial charge in [-0.3, -0.25) is 0 Å². The summed E-state index contributed by atoms with van der Waals surface area (Å²) in [5.74, 6) is 1.74. The van der Waals surface area contributed by atoms with E-state index in [1.54, 1.807) is 7.11 Å². The molecule has 2 unspecified atom stereocenters. The van der Waals surface area contributed by atoms with Gasteiger partial charge in [0.1, 0.15) is 16.2 Å². The SMILES string of the molecule is CCc1nc(Br)cc(NC2CCCC2OC)n1.